The molecule has 1 aromatic heterocycles. The second-order valence-electron chi connectivity index (χ2n) is 7.17. The molecule has 0 aliphatic carbocycles. The van der Waals surface area contributed by atoms with Gasteiger partial charge in [0.2, 0.25) is 12.5 Å². The Labute approximate surface area is 187 Å². The van der Waals surface area contributed by atoms with E-state index in [2.05, 4.69) is 26.2 Å². The number of aromatic nitrogens is 1. The number of nitrogens with zero attached hydrogens (tertiary/aromatic N) is 1. The normalized spacial score (nSPS) is 11.9. The van der Waals surface area contributed by atoms with Crippen molar-refractivity contribution in [2.75, 3.05) is 17.2 Å². The topological polar surface area (TPSA) is 88.0 Å². The third-order valence-corrected chi connectivity index (χ3v) is 5.73. The zero-order chi connectivity index (χ0) is 21.8. The van der Waals surface area contributed by atoms with Crippen molar-refractivity contribution >= 4 is 38.4 Å². The zero-order valence-corrected chi connectivity index (χ0v) is 18.1. The first kappa shape index (κ1) is 20.8. The summed E-state index contributed by atoms with van der Waals surface area (Å²) in [5, 5.41) is 15.7. The molecule has 0 aliphatic rings. The number of anilines is 1. The summed E-state index contributed by atoms with van der Waals surface area (Å²) in [5.74, 6) is -0.628. The van der Waals surface area contributed by atoms with Crippen LogP contribution in [0.2, 0.25) is 0 Å². The van der Waals surface area contributed by atoms with Crippen LogP contribution < -0.4 is 5.32 Å². The van der Waals surface area contributed by atoms with E-state index in [1.165, 1.54) is 0 Å². The zero-order valence-electron chi connectivity index (χ0n) is 16.5. The molecule has 0 fully saturated rings. The largest absolute Gasteiger partial charge is 0.354 e. The van der Waals surface area contributed by atoms with Crippen LogP contribution in [0.4, 0.5) is 5.69 Å². The van der Waals surface area contributed by atoms with Crippen molar-refractivity contribution in [2.45, 2.75) is 5.92 Å². The molecule has 1 amide bonds. The maximum atomic E-state index is 12.1. The fourth-order valence-corrected chi connectivity index (χ4v) is 4.07. The lowest BCUT2D eigenvalue weighted by atomic mass is 9.87. The highest BCUT2D eigenvalue weighted by Gasteiger charge is 2.28. The number of rotatable bonds is 7. The summed E-state index contributed by atoms with van der Waals surface area (Å²) >= 11 is 3.18. The molecule has 6 nitrogen and oxygen atoms in total. The van der Waals surface area contributed by atoms with Crippen molar-refractivity contribution in [2.24, 2.45) is 0 Å². The predicted molar refractivity (Wildman–Crippen MR) is 126 cm³/mol. The number of halogens is 1. The predicted octanol–water partition coefficient (Wildman–Crippen LogP) is 5.58. The van der Waals surface area contributed by atoms with Gasteiger partial charge in [-0.05, 0) is 23.3 Å². The number of carbonyl (C=O) groups excluding carboxylic acids is 1. The number of fused-ring (bicyclic) bond motifs is 1. The van der Waals surface area contributed by atoms with Crippen LogP contribution in [0.1, 0.15) is 17.0 Å². The molecule has 156 valence electrons. The number of aromatic amines is 1. The summed E-state index contributed by atoms with van der Waals surface area (Å²) in [7, 11) is 0. The Hall–Kier alpha value is -3.45. The van der Waals surface area contributed by atoms with Crippen LogP contribution in [-0.2, 0) is 4.79 Å². The standard InChI is InChI=1S/C24H20BrN3O3/c25-14-22(29)26-21-13-7-5-11-18(21)24-23(17-10-4-6-12-20(17)27-24)19(15-28(30)31)16-8-2-1-3-9-16/h1-13,19,27H,14-15H2,(H,26,29). The highest BCUT2D eigenvalue weighted by molar-refractivity contribution is 9.09. The number of hydrogen-bond donors (Lipinski definition) is 2. The van der Waals surface area contributed by atoms with Crippen LogP contribution in [0.25, 0.3) is 22.2 Å². The third-order valence-electron chi connectivity index (χ3n) is 5.22. The van der Waals surface area contributed by atoms with Crippen molar-refractivity contribution in [1.82, 2.24) is 4.98 Å². The van der Waals surface area contributed by atoms with Gasteiger partial charge in [-0.15, -0.1) is 0 Å². The van der Waals surface area contributed by atoms with E-state index in [1.807, 2.05) is 78.9 Å². The van der Waals surface area contributed by atoms with Crippen LogP contribution in [0.15, 0.2) is 78.9 Å². The van der Waals surface area contributed by atoms with Crippen molar-refractivity contribution < 1.29 is 9.72 Å². The van der Waals surface area contributed by atoms with E-state index >= 15 is 0 Å². The monoisotopic (exact) mass is 477 g/mol. The fraction of sp³-hybridized carbons (Fsp3) is 0.125. The number of H-pyrrole nitrogens is 1. The molecule has 3 aromatic carbocycles. The van der Waals surface area contributed by atoms with Gasteiger partial charge < -0.3 is 10.3 Å². The van der Waals surface area contributed by atoms with E-state index in [0.717, 1.165) is 33.3 Å². The van der Waals surface area contributed by atoms with Gasteiger partial charge in [-0.1, -0.05) is 82.7 Å². The molecule has 7 heteroatoms. The first-order valence-corrected chi connectivity index (χ1v) is 10.9. The van der Waals surface area contributed by atoms with Crippen molar-refractivity contribution in [3.05, 3.63) is 100 Å². The molecule has 4 rings (SSSR count). The molecule has 1 atom stereocenters. The maximum Gasteiger partial charge on any atom is 0.235 e. The second kappa shape index (κ2) is 9.14. The van der Waals surface area contributed by atoms with E-state index in [1.54, 1.807) is 0 Å². The smallest absolute Gasteiger partial charge is 0.235 e. The van der Waals surface area contributed by atoms with E-state index < -0.39 is 5.92 Å². The molecule has 0 aliphatic heterocycles. The van der Waals surface area contributed by atoms with Crippen LogP contribution in [0, 0.1) is 10.1 Å². The Bertz CT molecular complexity index is 1240. The van der Waals surface area contributed by atoms with Gasteiger partial charge >= 0.3 is 0 Å². The first-order chi connectivity index (χ1) is 15.1. The average Bonchev–Trinajstić information content (AvgIpc) is 3.17. The maximum absolute atomic E-state index is 12.1. The lowest BCUT2D eigenvalue weighted by molar-refractivity contribution is -0.481. The number of benzene rings is 3. The lowest BCUT2D eigenvalue weighted by Crippen LogP contribution is -2.15. The number of amides is 1. The van der Waals surface area contributed by atoms with Crippen LogP contribution >= 0.6 is 15.9 Å². The van der Waals surface area contributed by atoms with Crippen molar-refractivity contribution in [3.63, 3.8) is 0 Å². The minimum Gasteiger partial charge on any atom is -0.354 e. The summed E-state index contributed by atoms with van der Waals surface area (Å²) in [6.45, 7) is -0.241. The van der Waals surface area contributed by atoms with Gasteiger partial charge in [-0.25, -0.2) is 0 Å². The van der Waals surface area contributed by atoms with Crippen LogP contribution in [0.3, 0.4) is 0 Å². The Kier molecular flexibility index (Phi) is 6.13. The van der Waals surface area contributed by atoms with E-state index in [-0.39, 0.29) is 22.7 Å². The molecule has 0 saturated carbocycles. The average molecular weight is 478 g/mol. The van der Waals surface area contributed by atoms with Gasteiger partial charge in [-0.3, -0.25) is 14.9 Å². The van der Waals surface area contributed by atoms with Gasteiger partial charge in [0.25, 0.3) is 0 Å². The van der Waals surface area contributed by atoms with E-state index in [4.69, 9.17) is 0 Å². The molecule has 2 N–H and O–H groups in total. The Morgan fingerprint density at radius 1 is 1.00 bits per heavy atom. The third kappa shape index (κ3) is 4.36. The molecule has 31 heavy (non-hydrogen) atoms. The fourth-order valence-electron chi connectivity index (χ4n) is 3.93. The van der Waals surface area contributed by atoms with E-state index in [0.29, 0.717) is 5.69 Å². The number of carbonyl (C=O) groups is 1. The molecule has 1 heterocycles. The van der Waals surface area contributed by atoms with Gasteiger partial charge in [0.05, 0.1) is 22.6 Å². The molecule has 1 unspecified atom stereocenters. The number of hydrogen-bond acceptors (Lipinski definition) is 3. The molecule has 0 spiro atoms. The van der Waals surface area contributed by atoms with Gasteiger partial charge in [0.15, 0.2) is 0 Å². The molecule has 0 radical (unpaired) electrons. The van der Waals surface area contributed by atoms with E-state index in [9.17, 15) is 14.9 Å². The molecular weight excluding hydrogens is 458 g/mol. The summed E-state index contributed by atoms with van der Waals surface area (Å²) < 4.78 is 0. The Balaban J connectivity index is 1.98. The highest BCUT2D eigenvalue weighted by atomic mass is 79.9. The van der Waals surface area contributed by atoms with Gasteiger partial charge in [0, 0.05) is 21.4 Å². The molecule has 4 aromatic rings. The first-order valence-electron chi connectivity index (χ1n) is 9.81. The van der Waals surface area contributed by atoms with Crippen LogP contribution in [-0.4, -0.2) is 27.7 Å². The molecule has 0 bridgehead atoms. The molecule has 0 saturated heterocycles. The van der Waals surface area contributed by atoms with Crippen LogP contribution in [0.5, 0.6) is 0 Å². The molecular formula is C24H20BrN3O3. The minimum atomic E-state index is -0.456. The summed E-state index contributed by atoms with van der Waals surface area (Å²) in [6, 6.07) is 24.8. The lowest BCUT2D eigenvalue weighted by Gasteiger charge is -2.17. The second-order valence-corrected chi connectivity index (χ2v) is 7.73. The summed E-state index contributed by atoms with van der Waals surface area (Å²) in [5.41, 5.74) is 4.80. The quantitative estimate of drug-likeness (QED) is 0.207. The Morgan fingerprint density at radius 2 is 1.68 bits per heavy atom. The van der Waals surface area contributed by atoms with Crippen molar-refractivity contribution in [3.8, 4) is 11.3 Å². The van der Waals surface area contributed by atoms with Gasteiger partial charge in [-0.2, -0.15) is 0 Å². The van der Waals surface area contributed by atoms with Gasteiger partial charge in [0.1, 0.15) is 0 Å². The highest BCUT2D eigenvalue weighted by Crippen LogP contribution is 2.41. The van der Waals surface area contributed by atoms with Crippen molar-refractivity contribution in [1.29, 1.82) is 0 Å². The number of nitrogens with one attached hydrogen (secondary N) is 2. The number of para-hydroxylation sites is 2. The summed E-state index contributed by atoms with van der Waals surface area (Å²) in [6.07, 6.45) is 0. The SMILES string of the molecule is O=C(CBr)Nc1ccccc1-c1[nH]c2ccccc2c1C(C[N+](=O)[O-])c1ccccc1. The number of nitro groups is 1. The minimum absolute atomic E-state index is 0.171. The number of alkyl halides is 1. The Morgan fingerprint density at radius 3 is 2.42 bits per heavy atom. The summed E-state index contributed by atoms with van der Waals surface area (Å²) in [4.78, 5) is 26.9.